The number of hydrogen-bond acceptors (Lipinski definition) is 3. The van der Waals surface area contributed by atoms with Crippen molar-refractivity contribution >= 4 is 31.9 Å². The molecule has 1 aromatic rings. The number of benzene rings is 1. The van der Waals surface area contributed by atoms with Crippen LogP contribution in [0.25, 0.3) is 0 Å². The monoisotopic (exact) mass is 402 g/mol. The molecular weight excluding hydrogens is 380 g/mol. The second kappa shape index (κ2) is 8.26. The highest BCUT2D eigenvalue weighted by atomic mass is 79.9. The Kier molecular flexibility index (Phi) is 6.61. The van der Waals surface area contributed by atoms with Gasteiger partial charge in [-0.3, -0.25) is 4.79 Å². The minimum absolute atomic E-state index is 0.0332. The van der Waals surface area contributed by atoms with Gasteiger partial charge in [0.25, 0.3) is 0 Å². The summed E-state index contributed by atoms with van der Waals surface area (Å²) in [6.07, 6.45) is 3.42. The molecule has 0 bridgehead atoms. The molecule has 1 atom stereocenters. The number of halogens is 1. The zero-order chi connectivity index (χ0) is 16.9. The first-order valence-corrected chi connectivity index (χ1v) is 10.2. The highest BCUT2D eigenvalue weighted by Crippen LogP contribution is 2.24. The Morgan fingerprint density at radius 1 is 1.35 bits per heavy atom. The summed E-state index contributed by atoms with van der Waals surface area (Å²) in [5.41, 5.74) is 0. The molecule has 0 saturated carbocycles. The number of carbonyl (C=O) groups excluding carboxylic acids is 1. The van der Waals surface area contributed by atoms with E-state index in [0.717, 1.165) is 23.7 Å². The Morgan fingerprint density at radius 2 is 2.04 bits per heavy atom. The first-order valence-electron chi connectivity index (χ1n) is 7.98. The Morgan fingerprint density at radius 3 is 2.70 bits per heavy atom. The predicted octanol–water partition coefficient (Wildman–Crippen LogP) is 2.77. The lowest BCUT2D eigenvalue weighted by Crippen LogP contribution is -2.45. The second-order valence-electron chi connectivity index (χ2n) is 5.80. The van der Waals surface area contributed by atoms with Gasteiger partial charge in [-0.25, -0.2) is 8.42 Å². The molecule has 23 heavy (non-hydrogen) atoms. The lowest BCUT2D eigenvalue weighted by Gasteiger charge is -2.31. The fraction of sp³-hybridized carbons (Fsp3) is 0.562. The quantitative estimate of drug-likeness (QED) is 0.743. The maximum Gasteiger partial charge on any atom is 0.243 e. The normalized spacial score (nSPS) is 19.5. The molecule has 2 rings (SSSR count). The SMILES string of the molecule is CCCCNC(=O)[C@@H]1CCCN(S(=O)(=O)c2ccc(Br)cc2)C1. The summed E-state index contributed by atoms with van der Waals surface area (Å²) in [7, 11) is -3.54. The first kappa shape index (κ1) is 18.4. The summed E-state index contributed by atoms with van der Waals surface area (Å²) in [5, 5.41) is 2.91. The van der Waals surface area contributed by atoms with E-state index in [4.69, 9.17) is 0 Å². The number of hydrogen-bond donors (Lipinski definition) is 1. The fourth-order valence-corrected chi connectivity index (χ4v) is 4.45. The molecule has 1 aliphatic rings. The van der Waals surface area contributed by atoms with Gasteiger partial charge in [0.05, 0.1) is 10.8 Å². The van der Waals surface area contributed by atoms with Gasteiger partial charge >= 0.3 is 0 Å². The summed E-state index contributed by atoms with van der Waals surface area (Å²) in [4.78, 5) is 12.5. The number of sulfonamides is 1. The molecule has 0 aromatic heterocycles. The molecule has 1 aliphatic heterocycles. The summed E-state index contributed by atoms with van der Waals surface area (Å²) in [6, 6.07) is 6.60. The molecule has 0 unspecified atom stereocenters. The number of nitrogens with zero attached hydrogens (tertiary/aromatic N) is 1. The van der Waals surface area contributed by atoms with E-state index in [1.54, 1.807) is 24.3 Å². The Hall–Kier alpha value is -0.920. The third-order valence-electron chi connectivity index (χ3n) is 4.04. The number of unbranched alkanes of at least 4 members (excludes halogenated alkanes) is 1. The molecule has 128 valence electrons. The van der Waals surface area contributed by atoms with E-state index < -0.39 is 10.0 Å². The molecule has 0 spiro atoms. The zero-order valence-electron chi connectivity index (χ0n) is 13.3. The highest BCUT2D eigenvalue weighted by Gasteiger charge is 2.33. The molecule has 1 saturated heterocycles. The van der Waals surface area contributed by atoms with Crippen LogP contribution in [0, 0.1) is 5.92 Å². The van der Waals surface area contributed by atoms with E-state index in [2.05, 4.69) is 28.2 Å². The summed E-state index contributed by atoms with van der Waals surface area (Å²) in [6.45, 7) is 3.46. The van der Waals surface area contributed by atoms with Crippen molar-refractivity contribution in [2.24, 2.45) is 5.92 Å². The van der Waals surface area contributed by atoms with Gasteiger partial charge in [0.1, 0.15) is 0 Å². The Bertz CT molecular complexity index is 631. The van der Waals surface area contributed by atoms with Crippen molar-refractivity contribution in [1.29, 1.82) is 0 Å². The summed E-state index contributed by atoms with van der Waals surface area (Å²) in [5.74, 6) is -0.292. The van der Waals surface area contributed by atoms with E-state index in [9.17, 15) is 13.2 Å². The van der Waals surface area contributed by atoms with E-state index in [-0.39, 0.29) is 23.3 Å². The molecule has 1 heterocycles. The van der Waals surface area contributed by atoms with Crippen LogP contribution >= 0.6 is 15.9 Å². The van der Waals surface area contributed by atoms with Crippen LogP contribution in [-0.2, 0) is 14.8 Å². The van der Waals surface area contributed by atoms with Crippen molar-refractivity contribution in [3.63, 3.8) is 0 Å². The lowest BCUT2D eigenvalue weighted by molar-refractivity contribution is -0.126. The highest BCUT2D eigenvalue weighted by molar-refractivity contribution is 9.10. The maximum absolute atomic E-state index is 12.7. The minimum Gasteiger partial charge on any atom is -0.356 e. The molecule has 1 amide bonds. The zero-order valence-corrected chi connectivity index (χ0v) is 15.7. The van der Waals surface area contributed by atoms with Crippen molar-refractivity contribution in [2.45, 2.75) is 37.5 Å². The van der Waals surface area contributed by atoms with Crippen LogP contribution in [0.1, 0.15) is 32.6 Å². The fourth-order valence-electron chi connectivity index (χ4n) is 2.66. The third-order valence-corrected chi connectivity index (χ3v) is 6.44. The van der Waals surface area contributed by atoms with Crippen LogP contribution in [0.3, 0.4) is 0 Å². The largest absolute Gasteiger partial charge is 0.356 e. The standard InChI is InChI=1S/C16H23BrN2O3S/c1-2-3-10-18-16(20)13-5-4-11-19(12-13)23(21,22)15-8-6-14(17)7-9-15/h6-9,13H,2-5,10-12H2,1H3,(H,18,20)/t13-/m1/s1. The average Bonchev–Trinajstić information content (AvgIpc) is 2.55. The van der Waals surface area contributed by atoms with E-state index in [1.807, 2.05) is 0 Å². The van der Waals surface area contributed by atoms with Gasteiger partial charge < -0.3 is 5.32 Å². The first-order chi connectivity index (χ1) is 10.9. The van der Waals surface area contributed by atoms with Gasteiger partial charge in [0.15, 0.2) is 0 Å². The van der Waals surface area contributed by atoms with Crippen molar-refractivity contribution in [1.82, 2.24) is 9.62 Å². The van der Waals surface area contributed by atoms with Crippen LogP contribution in [-0.4, -0.2) is 38.3 Å². The van der Waals surface area contributed by atoms with Crippen molar-refractivity contribution in [3.05, 3.63) is 28.7 Å². The van der Waals surface area contributed by atoms with E-state index in [0.29, 0.717) is 19.5 Å². The van der Waals surface area contributed by atoms with Crippen LogP contribution in [0.5, 0.6) is 0 Å². The van der Waals surface area contributed by atoms with Gasteiger partial charge in [-0.1, -0.05) is 29.3 Å². The molecule has 1 aromatic carbocycles. The predicted molar refractivity (Wildman–Crippen MR) is 93.5 cm³/mol. The van der Waals surface area contributed by atoms with Gasteiger partial charge in [0, 0.05) is 24.1 Å². The van der Waals surface area contributed by atoms with Gasteiger partial charge in [-0.15, -0.1) is 0 Å². The molecule has 5 nitrogen and oxygen atoms in total. The minimum atomic E-state index is -3.54. The lowest BCUT2D eigenvalue weighted by atomic mass is 9.99. The molecule has 0 radical (unpaired) electrons. The summed E-state index contributed by atoms with van der Waals surface area (Å²) < 4.78 is 27.7. The summed E-state index contributed by atoms with van der Waals surface area (Å²) >= 11 is 3.31. The number of nitrogens with one attached hydrogen (secondary N) is 1. The van der Waals surface area contributed by atoms with E-state index >= 15 is 0 Å². The molecule has 7 heteroatoms. The van der Waals surface area contributed by atoms with Crippen LogP contribution in [0.4, 0.5) is 0 Å². The average molecular weight is 403 g/mol. The smallest absolute Gasteiger partial charge is 0.243 e. The van der Waals surface area contributed by atoms with E-state index in [1.165, 1.54) is 4.31 Å². The number of piperidine rings is 1. The van der Waals surface area contributed by atoms with Crippen molar-refractivity contribution in [2.75, 3.05) is 19.6 Å². The van der Waals surface area contributed by atoms with Gasteiger partial charge in [0.2, 0.25) is 15.9 Å². The van der Waals surface area contributed by atoms with Crippen LogP contribution in [0.2, 0.25) is 0 Å². The molecule has 1 fully saturated rings. The van der Waals surface area contributed by atoms with Gasteiger partial charge in [-0.2, -0.15) is 4.31 Å². The van der Waals surface area contributed by atoms with Crippen molar-refractivity contribution in [3.8, 4) is 0 Å². The van der Waals surface area contributed by atoms with Gasteiger partial charge in [-0.05, 0) is 43.5 Å². The molecule has 0 aliphatic carbocycles. The molecule has 1 N–H and O–H groups in total. The van der Waals surface area contributed by atoms with Crippen LogP contribution < -0.4 is 5.32 Å². The Labute approximate surface area is 146 Å². The molecular formula is C16H23BrN2O3S. The number of rotatable bonds is 6. The van der Waals surface area contributed by atoms with Crippen molar-refractivity contribution < 1.29 is 13.2 Å². The second-order valence-corrected chi connectivity index (χ2v) is 8.65. The topological polar surface area (TPSA) is 66.5 Å². The Balaban J connectivity index is 2.05. The number of carbonyl (C=O) groups is 1. The number of amides is 1. The maximum atomic E-state index is 12.7. The van der Waals surface area contributed by atoms with Crippen LogP contribution in [0.15, 0.2) is 33.6 Å². The third kappa shape index (κ3) is 4.78.